The minimum atomic E-state index is -0.268. The van der Waals surface area contributed by atoms with Crippen LogP contribution in [0.5, 0.6) is 5.75 Å². The Kier molecular flexibility index (Phi) is 4.66. The molecule has 2 heterocycles. The van der Waals surface area contributed by atoms with Gasteiger partial charge in [0.25, 0.3) is 0 Å². The van der Waals surface area contributed by atoms with E-state index >= 15 is 0 Å². The van der Waals surface area contributed by atoms with Gasteiger partial charge in [0.2, 0.25) is 5.91 Å². The molecule has 0 bridgehead atoms. The molecule has 1 atom stereocenters. The van der Waals surface area contributed by atoms with Crippen molar-refractivity contribution in [2.45, 2.75) is 12.5 Å². The van der Waals surface area contributed by atoms with E-state index in [0.717, 1.165) is 11.3 Å². The van der Waals surface area contributed by atoms with Crippen molar-refractivity contribution < 1.29 is 19.1 Å². The topological polar surface area (TPSA) is 85.1 Å². The van der Waals surface area contributed by atoms with Gasteiger partial charge in [0.15, 0.2) is 0 Å². The van der Waals surface area contributed by atoms with Gasteiger partial charge in [0, 0.05) is 26.2 Å². The zero-order valence-corrected chi connectivity index (χ0v) is 12.9. The molecule has 3 rings (SSSR count). The molecule has 0 radical (unpaired) electrons. The van der Waals surface area contributed by atoms with Crippen LogP contribution >= 0.6 is 0 Å². The number of hydrogen-bond donors (Lipinski definition) is 1. The third kappa shape index (κ3) is 3.56. The van der Waals surface area contributed by atoms with Crippen molar-refractivity contribution >= 4 is 12.0 Å². The molecule has 1 aromatic carbocycles. The van der Waals surface area contributed by atoms with E-state index in [0.29, 0.717) is 45.8 Å². The van der Waals surface area contributed by atoms with Gasteiger partial charge in [-0.05, 0) is 17.7 Å². The summed E-state index contributed by atoms with van der Waals surface area (Å²) < 4.78 is 10.4. The maximum Gasteiger partial charge on any atom is 0.410 e. The van der Waals surface area contributed by atoms with E-state index in [1.807, 2.05) is 29.2 Å². The van der Waals surface area contributed by atoms with Gasteiger partial charge in [0.1, 0.15) is 19.0 Å². The second-order valence-corrected chi connectivity index (χ2v) is 5.72. The Bertz CT molecular complexity index is 575. The Morgan fingerprint density at radius 1 is 1.30 bits per heavy atom. The summed E-state index contributed by atoms with van der Waals surface area (Å²) in [6, 6.07) is 7.47. The highest BCUT2D eigenvalue weighted by molar-refractivity contribution is 5.79. The fraction of sp³-hybridized carbons (Fsp3) is 0.500. The predicted octanol–water partition coefficient (Wildman–Crippen LogP) is 0.230. The Balaban J connectivity index is 1.54. The lowest BCUT2D eigenvalue weighted by molar-refractivity contribution is -0.132. The van der Waals surface area contributed by atoms with Crippen molar-refractivity contribution in [2.75, 3.05) is 39.4 Å². The first kappa shape index (κ1) is 15.6. The number of fused-ring (bicyclic) bond motifs is 1. The average molecular weight is 319 g/mol. The van der Waals surface area contributed by atoms with Gasteiger partial charge in [-0.3, -0.25) is 9.69 Å². The molecule has 1 aromatic rings. The average Bonchev–Trinajstić information content (AvgIpc) is 2.95. The summed E-state index contributed by atoms with van der Waals surface area (Å²) in [6.07, 6.45) is 0.0776. The summed E-state index contributed by atoms with van der Waals surface area (Å²) in [5.74, 6) is 0.821. The monoisotopic (exact) mass is 319 g/mol. The van der Waals surface area contributed by atoms with Crippen LogP contribution in [0.3, 0.4) is 0 Å². The number of benzene rings is 1. The molecule has 0 saturated carbocycles. The maximum absolute atomic E-state index is 12.4. The summed E-state index contributed by atoms with van der Waals surface area (Å²) >= 11 is 0. The van der Waals surface area contributed by atoms with Gasteiger partial charge < -0.3 is 20.1 Å². The molecule has 2 amide bonds. The van der Waals surface area contributed by atoms with Crippen molar-refractivity contribution in [1.82, 2.24) is 9.80 Å². The van der Waals surface area contributed by atoms with Crippen LogP contribution in [0.25, 0.3) is 0 Å². The van der Waals surface area contributed by atoms with E-state index in [4.69, 9.17) is 15.2 Å². The number of hydrogen-bond acceptors (Lipinski definition) is 5. The fourth-order valence-electron chi connectivity index (χ4n) is 2.88. The van der Waals surface area contributed by atoms with Crippen molar-refractivity contribution in [3.63, 3.8) is 0 Å². The Labute approximate surface area is 134 Å². The number of nitrogens with zero attached hydrogens (tertiary/aromatic N) is 2. The van der Waals surface area contributed by atoms with Gasteiger partial charge in [-0.15, -0.1) is 0 Å². The van der Waals surface area contributed by atoms with Crippen LogP contribution in [0.1, 0.15) is 5.56 Å². The summed E-state index contributed by atoms with van der Waals surface area (Å²) in [5, 5.41) is 0. The molecule has 2 saturated heterocycles. The molecule has 0 aliphatic carbocycles. The summed E-state index contributed by atoms with van der Waals surface area (Å²) in [5.41, 5.74) is 6.33. The molecule has 23 heavy (non-hydrogen) atoms. The maximum atomic E-state index is 12.4. The molecule has 2 aliphatic heterocycles. The summed E-state index contributed by atoms with van der Waals surface area (Å²) in [4.78, 5) is 27.4. The van der Waals surface area contributed by atoms with Gasteiger partial charge in [0.05, 0.1) is 12.5 Å². The van der Waals surface area contributed by atoms with Crippen LogP contribution in [0.15, 0.2) is 24.3 Å². The Hall–Kier alpha value is -2.28. The van der Waals surface area contributed by atoms with Crippen LogP contribution in [-0.2, 0) is 16.0 Å². The SMILES string of the molecule is NCCOc1ccc(CC(=O)N2CCN3C(=O)OC[C@H]3C2)cc1. The van der Waals surface area contributed by atoms with E-state index in [2.05, 4.69) is 0 Å². The highest BCUT2D eigenvalue weighted by Gasteiger charge is 2.38. The molecule has 2 aliphatic rings. The molecular weight excluding hydrogens is 298 g/mol. The largest absolute Gasteiger partial charge is 0.492 e. The van der Waals surface area contributed by atoms with E-state index in [-0.39, 0.29) is 18.0 Å². The zero-order valence-electron chi connectivity index (χ0n) is 12.9. The number of ether oxygens (including phenoxy) is 2. The van der Waals surface area contributed by atoms with Crippen LogP contribution in [0, 0.1) is 0 Å². The molecule has 7 heteroatoms. The Morgan fingerprint density at radius 3 is 2.83 bits per heavy atom. The standard InChI is InChI=1S/C16H21N3O4/c17-5-8-22-14-3-1-12(2-4-14)9-15(20)18-6-7-19-13(10-18)11-23-16(19)21/h1-4,13H,5-11,17H2/t13-/m1/s1. The smallest absolute Gasteiger partial charge is 0.410 e. The minimum absolute atomic E-state index is 0.00719. The number of carbonyl (C=O) groups excluding carboxylic acids is 2. The third-order valence-electron chi connectivity index (χ3n) is 4.13. The van der Waals surface area contributed by atoms with E-state index in [1.54, 1.807) is 4.90 Å². The van der Waals surface area contributed by atoms with Gasteiger partial charge >= 0.3 is 6.09 Å². The van der Waals surface area contributed by atoms with Gasteiger partial charge in [-0.2, -0.15) is 0 Å². The number of piperazine rings is 1. The van der Waals surface area contributed by atoms with Crippen LogP contribution < -0.4 is 10.5 Å². The lowest BCUT2D eigenvalue weighted by atomic mass is 10.1. The second kappa shape index (κ2) is 6.87. The molecule has 0 aromatic heterocycles. The first-order valence-corrected chi connectivity index (χ1v) is 7.80. The molecule has 2 fully saturated rings. The highest BCUT2D eigenvalue weighted by Crippen LogP contribution is 2.19. The molecule has 2 N–H and O–H groups in total. The van der Waals surface area contributed by atoms with E-state index in [1.165, 1.54) is 0 Å². The minimum Gasteiger partial charge on any atom is -0.492 e. The van der Waals surface area contributed by atoms with Crippen molar-refractivity contribution in [1.29, 1.82) is 0 Å². The van der Waals surface area contributed by atoms with Crippen LogP contribution in [-0.4, -0.2) is 67.2 Å². The zero-order chi connectivity index (χ0) is 16.2. The summed E-state index contributed by atoms with van der Waals surface area (Å²) in [6.45, 7) is 2.96. The third-order valence-corrected chi connectivity index (χ3v) is 4.13. The van der Waals surface area contributed by atoms with Crippen LogP contribution in [0.4, 0.5) is 4.79 Å². The first-order chi connectivity index (χ1) is 11.2. The number of rotatable bonds is 5. The van der Waals surface area contributed by atoms with Crippen molar-refractivity contribution in [3.05, 3.63) is 29.8 Å². The van der Waals surface area contributed by atoms with Gasteiger partial charge in [-0.25, -0.2) is 4.79 Å². The quantitative estimate of drug-likeness (QED) is 0.840. The molecule has 0 unspecified atom stereocenters. The first-order valence-electron chi connectivity index (χ1n) is 7.80. The fourth-order valence-corrected chi connectivity index (χ4v) is 2.88. The van der Waals surface area contributed by atoms with Crippen molar-refractivity contribution in [2.24, 2.45) is 5.73 Å². The number of nitrogens with two attached hydrogens (primary N) is 1. The van der Waals surface area contributed by atoms with Crippen molar-refractivity contribution in [3.8, 4) is 5.75 Å². The lowest BCUT2D eigenvalue weighted by Gasteiger charge is -2.35. The summed E-state index contributed by atoms with van der Waals surface area (Å²) in [7, 11) is 0. The lowest BCUT2D eigenvalue weighted by Crippen LogP contribution is -2.54. The normalized spacial score (nSPS) is 20.2. The predicted molar refractivity (Wildman–Crippen MR) is 83.1 cm³/mol. The molecule has 124 valence electrons. The number of amides is 2. The van der Waals surface area contributed by atoms with Crippen LogP contribution in [0.2, 0.25) is 0 Å². The van der Waals surface area contributed by atoms with E-state index < -0.39 is 0 Å². The second-order valence-electron chi connectivity index (χ2n) is 5.72. The molecular formula is C16H21N3O4. The number of carbonyl (C=O) groups is 2. The Morgan fingerprint density at radius 2 is 2.09 bits per heavy atom. The highest BCUT2D eigenvalue weighted by atomic mass is 16.6. The van der Waals surface area contributed by atoms with Gasteiger partial charge in [-0.1, -0.05) is 12.1 Å². The molecule has 7 nitrogen and oxygen atoms in total. The number of cyclic esters (lactones) is 1. The van der Waals surface area contributed by atoms with E-state index in [9.17, 15) is 9.59 Å². The molecule has 0 spiro atoms.